The van der Waals surface area contributed by atoms with Gasteiger partial charge in [-0.25, -0.2) is 4.98 Å². The largest absolute Gasteiger partial charge is 0.449 e. The predicted octanol–water partition coefficient (Wildman–Crippen LogP) is 0.952. The van der Waals surface area contributed by atoms with Crippen LogP contribution in [0.1, 0.15) is 5.56 Å². The Kier molecular flexibility index (Phi) is 3.82. The van der Waals surface area contributed by atoms with Crippen LogP contribution in [0.5, 0.6) is 0 Å². The lowest BCUT2D eigenvalue weighted by atomic mass is 10.2. The van der Waals surface area contributed by atoms with Gasteiger partial charge in [0.25, 0.3) is 6.02 Å². The average Bonchev–Trinajstić information content (AvgIpc) is 2.36. The van der Waals surface area contributed by atoms with E-state index in [1.807, 2.05) is 0 Å². The van der Waals surface area contributed by atoms with Crippen molar-refractivity contribution in [1.82, 2.24) is 14.8 Å². The van der Waals surface area contributed by atoms with Gasteiger partial charge in [0.1, 0.15) is 5.15 Å². The zero-order valence-electron chi connectivity index (χ0n) is 10.1. The molecule has 0 radical (unpaired) electrons. The molecule has 1 aromatic rings. The SMILES string of the molecule is CN1C(=N)OCN(Cc2ccc(Cl)nc2)C1[N+](=O)[O-]. The molecule has 9 heteroatoms. The van der Waals surface area contributed by atoms with Gasteiger partial charge >= 0.3 is 6.29 Å². The van der Waals surface area contributed by atoms with Crippen molar-refractivity contribution in [1.29, 1.82) is 5.41 Å². The van der Waals surface area contributed by atoms with Crippen LogP contribution in [0.25, 0.3) is 0 Å². The highest BCUT2D eigenvalue weighted by molar-refractivity contribution is 6.29. The van der Waals surface area contributed by atoms with E-state index in [1.165, 1.54) is 11.9 Å². The van der Waals surface area contributed by atoms with E-state index >= 15 is 0 Å². The molecule has 0 amide bonds. The molecule has 8 nitrogen and oxygen atoms in total. The fourth-order valence-corrected chi connectivity index (χ4v) is 1.91. The Hall–Kier alpha value is -1.93. The van der Waals surface area contributed by atoms with Gasteiger partial charge in [-0.3, -0.25) is 20.4 Å². The number of rotatable bonds is 3. The Morgan fingerprint density at radius 2 is 2.42 bits per heavy atom. The maximum absolute atomic E-state index is 11.1. The first-order valence-electron chi connectivity index (χ1n) is 5.41. The molecule has 102 valence electrons. The second-order valence-corrected chi connectivity index (χ2v) is 4.44. The number of hydrogen-bond acceptors (Lipinski definition) is 6. The number of hydrogen-bond donors (Lipinski definition) is 1. The van der Waals surface area contributed by atoms with Crippen LogP contribution < -0.4 is 0 Å². The number of nitrogens with one attached hydrogen (secondary N) is 1. The molecule has 1 aromatic heterocycles. The summed E-state index contributed by atoms with van der Waals surface area (Å²) in [4.78, 5) is 17.2. The molecule has 1 atom stereocenters. The highest BCUT2D eigenvalue weighted by atomic mass is 35.5. The smallest absolute Gasteiger partial charge is 0.354 e. The first-order valence-corrected chi connectivity index (χ1v) is 5.79. The minimum Gasteiger partial charge on any atom is -0.449 e. The third kappa shape index (κ3) is 2.91. The minimum absolute atomic E-state index is 0.0164. The molecule has 1 aliphatic heterocycles. The lowest BCUT2D eigenvalue weighted by Crippen LogP contribution is -2.58. The lowest BCUT2D eigenvalue weighted by Gasteiger charge is -2.36. The van der Waals surface area contributed by atoms with E-state index in [4.69, 9.17) is 21.7 Å². The molecule has 2 heterocycles. The molecule has 2 rings (SSSR count). The van der Waals surface area contributed by atoms with Crippen LogP contribution in [0.3, 0.4) is 0 Å². The molecule has 1 fully saturated rings. The Labute approximate surface area is 114 Å². The first-order chi connectivity index (χ1) is 8.99. The number of amidine groups is 1. The number of nitro groups is 1. The van der Waals surface area contributed by atoms with Crippen molar-refractivity contribution in [2.75, 3.05) is 13.8 Å². The van der Waals surface area contributed by atoms with Crippen LogP contribution in [0.4, 0.5) is 0 Å². The molecule has 0 aromatic carbocycles. The summed E-state index contributed by atoms with van der Waals surface area (Å²) in [5.74, 6) is 0. The van der Waals surface area contributed by atoms with Gasteiger partial charge in [-0.2, -0.15) is 4.90 Å². The third-order valence-electron chi connectivity index (χ3n) is 2.72. The van der Waals surface area contributed by atoms with Crippen molar-refractivity contribution in [2.45, 2.75) is 12.8 Å². The van der Waals surface area contributed by atoms with Crippen molar-refractivity contribution in [3.8, 4) is 0 Å². The van der Waals surface area contributed by atoms with E-state index < -0.39 is 11.2 Å². The molecule has 0 bridgehead atoms. The fraction of sp³-hybridized carbons (Fsp3) is 0.400. The maximum atomic E-state index is 11.1. The zero-order valence-corrected chi connectivity index (χ0v) is 10.9. The van der Waals surface area contributed by atoms with Gasteiger partial charge in [-0.1, -0.05) is 17.7 Å². The number of nitrogens with zero attached hydrogens (tertiary/aromatic N) is 4. The zero-order chi connectivity index (χ0) is 14.0. The number of aromatic nitrogens is 1. The Morgan fingerprint density at radius 1 is 1.68 bits per heavy atom. The van der Waals surface area contributed by atoms with E-state index in [0.717, 1.165) is 10.5 Å². The molecule has 1 saturated heterocycles. The molecular formula is C10H12ClN5O3. The van der Waals surface area contributed by atoms with Crippen molar-refractivity contribution in [3.63, 3.8) is 0 Å². The van der Waals surface area contributed by atoms with Crippen LogP contribution in [0, 0.1) is 15.5 Å². The molecule has 0 aliphatic carbocycles. The van der Waals surface area contributed by atoms with Crippen molar-refractivity contribution in [3.05, 3.63) is 39.2 Å². The molecule has 19 heavy (non-hydrogen) atoms. The van der Waals surface area contributed by atoms with Gasteiger partial charge in [-0.15, -0.1) is 0 Å². The Bertz CT molecular complexity index is 494. The predicted molar refractivity (Wildman–Crippen MR) is 67.0 cm³/mol. The summed E-state index contributed by atoms with van der Waals surface area (Å²) >= 11 is 5.68. The Morgan fingerprint density at radius 3 is 3.00 bits per heavy atom. The van der Waals surface area contributed by atoms with E-state index in [0.29, 0.717) is 5.15 Å². The lowest BCUT2D eigenvalue weighted by molar-refractivity contribution is -0.581. The maximum Gasteiger partial charge on any atom is 0.354 e. The van der Waals surface area contributed by atoms with E-state index in [2.05, 4.69) is 4.98 Å². The average molecular weight is 286 g/mol. The van der Waals surface area contributed by atoms with E-state index in [-0.39, 0.29) is 19.3 Å². The van der Waals surface area contributed by atoms with Gasteiger partial charge in [0, 0.05) is 19.8 Å². The fourth-order valence-electron chi connectivity index (χ4n) is 1.80. The molecule has 1 unspecified atom stereocenters. The summed E-state index contributed by atoms with van der Waals surface area (Å²) in [7, 11) is 1.45. The van der Waals surface area contributed by atoms with Crippen molar-refractivity contribution in [2.24, 2.45) is 0 Å². The number of pyridine rings is 1. The highest BCUT2D eigenvalue weighted by Crippen LogP contribution is 2.16. The van der Waals surface area contributed by atoms with Gasteiger partial charge in [-0.05, 0) is 11.6 Å². The molecule has 1 aliphatic rings. The van der Waals surface area contributed by atoms with Crippen LogP contribution in [-0.4, -0.2) is 45.8 Å². The van der Waals surface area contributed by atoms with Crippen LogP contribution in [-0.2, 0) is 11.3 Å². The number of halogens is 1. The normalized spacial score (nSPS) is 20.2. The standard InChI is InChI=1S/C10H12ClN5O3/c1-14-9(12)19-6-15(10(14)16(17)18)5-7-2-3-8(11)13-4-7/h2-4,10,12H,5-6H2,1H3. The van der Waals surface area contributed by atoms with Crippen LogP contribution in [0.2, 0.25) is 5.15 Å². The quantitative estimate of drug-likeness (QED) is 0.505. The van der Waals surface area contributed by atoms with Crippen LogP contribution in [0.15, 0.2) is 18.3 Å². The monoisotopic (exact) mass is 285 g/mol. The second kappa shape index (κ2) is 5.37. The van der Waals surface area contributed by atoms with Crippen molar-refractivity contribution >= 4 is 17.6 Å². The summed E-state index contributed by atoms with van der Waals surface area (Å²) in [6.07, 6.45) is 0.427. The third-order valence-corrected chi connectivity index (χ3v) is 2.95. The van der Waals surface area contributed by atoms with Gasteiger partial charge < -0.3 is 4.74 Å². The van der Waals surface area contributed by atoms with Crippen molar-refractivity contribution < 1.29 is 9.66 Å². The molecular weight excluding hydrogens is 274 g/mol. The molecule has 0 saturated carbocycles. The van der Waals surface area contributed by atoms with Gasteiger partial charge in [0.05, 0.1) is 4.92 Å². The molecule has 0 spiro atoms. The highest BCUT2D eigenvalue weighted by Gasteiger charge is 2.39. The summed E-state index contributed by atoms with van der Waals surface area (Å²) in [6, 6.07) is 3.15. The minimum atomic E-state index is -1.13. The summed E-state index contributed by atoms with van der Waals surface area (Å²) in [6.45, 7) is 0.269. The Balaban J connectivity index is 2.15. The topological polar surface area (TPSA) is 95.6 Å². The summed E-state index contributed by atoms with van der Waals surface area (Å²) in [5.41, 5.74) is 0.779. The van der Waals surface area contributed by atoms with E-state index in [1.54, 1.807) is 18.3 Å². The summed E-state index contributed by atoms with van der Waals surface area (Å²) < 4.78 is 5.06. The van der Waals surface area contributed by atoms with E-state index in [9.17, 15) is 10.1 Å². The second-order valence-electron chi connectivity index (χ2n) is 4.06. The van der Waals surface area contributed by atoms with Gasteiger partial charge in [0.15, 0.2) is 6.73 Å². The van der Waals surface area contributed by atoms with Gasteiger partial charge in [0.2, 0.25) is 0 Å². The summed E-state index contributed by atoms with van der Waals surface area (Å²) in [5, 5.41) is 18.9. The number of ether oxygens (including phenoxy) is 1. The van der Waals surface area contributed by atoms with Crippen LogP contribution >= 0.6 is 11.6 Å². The first kappa shape index (κ1) is 13.5. The molecule has 1 N–H and O–H groups in total.